The van der Waals surface area contributed by atoms with Crippen LogP contribution in [-0.4, -0.2) is 203 Å². The molecule has 1 amide bonds. The molecule has 0 atom stereocenters. The molecule has 1 aliphatic rings. The van der Waals surface area contributed by atoms with E-state index in [2.05, 4.69) is 29.6 Å². The maximum absolute atomic E-state index is 12.3. The lowest BCUT2D eigenvalue weighted by Crippen LogP contribution is -2.29. The second-order valence-corrected chi connectivity index (χ2v) is 15.5. The van der Waals surface area contributed by atoms with Gasteiger partial charge in [-0.3, -0.25) is 4.79 Å². The predicted molar refractivity (Wildman–Crippen MR) is 244 cm³/mol. The molecule has 376 valence electrons. The molecule has 0 saturated heterocycles. The van der Waals surface area contributed by atoms with Crippen molar-refractivity contribution in [3.8, 4) is 11.1 Å². The molecular weight excluding hydrogens is 863 g/mol. The maximum atomic E-state index is 12.3. The van der Waals surface area contributed by atoms with Crippen LogP contribution >= 0.6 is 0 Å². The Bertz CT molecular complexity index is 1450. The average molecular weight is 940 g/mol. The molecule has 0 spiro atoms. The Hall–Kier alpha value is -3.34. The van der Waals surface area contributed by atoms with E-state index in [9.17, 15) is 9.59 Å². The topological polar surface area (TPSA) is 185 Å². The van der Waals surface area contributed by atoms with Gasteiger partial charge in [0.05, 0.1) is 178 Å². The summed E-state index contributed by atoms with van der Waals surface area (Å²) < 4.78 is 82.2. The maximum Gasteiger partial charge on any atom is 0.407 e. The van der Waals surface area contributed by atoms with Crippen LogP contribution in [0, 0.1) is 0 Å². The molecule has 18 nitrogen and oxygen atoms in total. The SMILES string of the molecule is CC(C)(C)OC(=O)CCOCCOCCOCCOCCOCCOCCOCCOCCOCCOCCOCCOCCOCCNC(=O)OCC1c2ccccc2-c2ccccc21. The molecule has 1 N–H and O–H groups in total. The third-order valence-corrected chi connectivity index (χ3v) is 9.19. The molecule has 2 aromatic rings. The molecule has 0 radical (unpaired) electrons. The zero-order valence-electron chi connectivity index (χ0n) is 39.6. The Labute approximate surface area is 391 Å². The highest BCUT2D eigenvalue weighted by Crippen LogP contribution is 2.44. The van der Waals surface area contributed by atoms with Gasteiger partial charge < -0.3 is 76.4 Å². The Morgan fingerprint density at radius 3 is 1.03 bits per heavy atom. The van der Waals surface area contributed by atoms with E-state index in [1.54, 1.807) is 0 Å². The van der Waals surface area contributed by atoms with Crippen molar-refractivity contribution in [1.82, 2.24) is 5.32 Å². The minimum atomic E-state index is -0.481. The predicted octanol–water partition coefficient (Wildman–Crippen LogP) is 4.47. The first-order chi connectivity index (χ1) is 32.3. The van der Waals surface area contributed by atoms with E-state index in [4.69, 9.17) is 71.1 Å². The highest BCUT2D eigenvalue weighted by Gasteiger charge is 2.29. The number of alkyl carbamates (subject to hydrolysis) is 1. The minimum Gasteiger partial charge on any atom is -0.460 e. The third kappa shape index (κ3) is 29.4. The second kappa shape index (κ2) is 38.6. The van der Waals surface area contributed by atoms with Crippen LogP contribution in [-0.2, 0) is 75.8 Å². The molecule has 0 heterocycles. The summed E-state index contributed by atoms with van der Waals surface area (Å²) in [6.45, 7) is 18.0. The van der Waals surface area contributed by atoms with Crippen molar-refractivity contribution in [2.45, 2.75) is 38.7 Å². The van der Waals surface area contributed by atoms with Gasteiger partial charge in [0, 0.05) is 12.5 Å². The van der Waals surface area contributed by atoms with Crippen LogP contribution in [0.3, 0.4) is 0 Å². The molecule has 0 aromatic heterocycles. The molecule has 1 aliphatic carbocycles. The lowest BCUT2D eigenvalue weighted by Gasteiger charge is -2.19. The van der Waals surface area contributed by atoms with Crippen molar-refractivity contribution in [3.63, 3.8) is 0 Å². The molecule has 18 heteroatoms. The van der Waals surface area contributed by atoms with Crippen LogP contribution in [0.5, 0.6) is 0 Å². The van der Waals surface area contributed by atoms with Crippen LogP contribution in [0.2, 0.25) is 0 Å². The quantitative estimate of drug-likeness (QED) is 0.0724. The number of hydrogen-bond donors (Lipinski definition) is 1. The van der Waals surface area contributed by atoms with Crippen molar-refractivity contribution in [2.24, 2.45) is 0 Å². The zero-order valence-corrected chi connectivity index (χ0v) is 39.6. The van der Waals surface area contributed by atoms with Crippen LogP contribution in [0.1, 0.15) is 44.2 Å². The van der Waals surface area contributed by atoms with Crippen LogP contribution in [0.15, 0.2) is 48.5 Å². The third-order valence-electron chi connectivity index (χ3n) is 9.19. The minimum absolute atomic E-state index is 0.0307. The van der Waals surface area contributed by atoms with Crippen molar-refractivity contribution in [3.05, 3.63) is 59.7 Å². The summed E-state index contributed by atoms with van der Waals surface area (Å²) in [5.41, 5.74) is 4.27. The van der Waals surface area contributed by atoms with Gasteiger partial charge in [0.15, 0.2) is 0 Å². The highest BCUT2D eigenvalue weighted by molar-refractivity contribution is 5.79. The summed E-state index contributed by atoms with van der Waals surface area (Å²) in [6.07, 6.45) is -0.232. The number of hydrogen-bond acceptors (Lipinski definition) is 17. The van der Waals surface area contributed by atoms with E-state index >= 15 is 0 Å². The van der Waals surface area contributed by atoms with E-state index in [1.165, 1.54) is 22.3 Å². The van der Waals surface area contributed by atoms with Gasteiger partial charge in [0.1, 0.15) is 12.2 Å². The van der Waals surface area contributed by atoms with Gasteiger partial charge in [-0.2, -0.15) is 0 Å². The molecule has 66 heavy (non-hydrogen) atoms. The average Bonchev–Trinajstić information content (AvgIpc) is 3.62. The van der Waals surface area contributed by atoms with Gasteiger partial charge in [-0.15, -0.1) is 0 Å². The van der Waals surface area contributed by atoms with E-state index in [0.29, 0.717) is 178 Å². The normalized spacial score (nSPS) is 12.3. The summed E-state index contributed by atoms with van der Waals surface area (Å²) in [5, 5.41) is 2.74. The van der Waals surface area contributed by atoms with Gasteiger partial charge in [0.25, 0.3) is 0 Å². The van der Waals surface area contributed by atoms with E-state index in [0.717, 1.165) is 0 Å². The van der Waals surface area contributed by atoms with Crippen LogP contribution in [0.25, 0.3) is 11.1 Å². The number of benzene rings is 2. The Morgan fingerprint density at radius 1 is 0.424 bits per heavy atom. The van der Waals surface area contributed by atoms with Crippen molar-refractivity contribution in [1.29, 1.82) is 0 Å². The monoisotopic (exact) mass is 940 g/mol. The number of esters is 1. The van der Waals surface area contributed by atoms with Gasteiger partial charge in [-0.1, -0.05) is 48.5 Å². The van der Waals surface area contributed by atoms with Crippen molar-refractivity contribution >= 4 is 12.1 Å². The fourth-order valence-corrected chi connectivity index (χ4v) is 6.16. The smallest absolute Gasteiger partial charge is 0.407 e. The standard InChI is InChI=1S/C48H77NO17/c1-48(2,3)66-46(50)12-14-52-16-18-54-20-22-56-24-26-58-28-30-60-32-34-62-36-38-64-39-37-63-35-33-61-31-29-59-27-25-57-23-21-55-19-17-53-15-13-49-47(51)65-40-45-43-10-6-4-8-41(43)42-9-5-7-11-44(42)45/h4-11,45H,12-40H2,1-3H3,(H,49,51). The van der Waals surface area contributed by atoms with E-state index < -0.39 is 11.7 Å². The highest BCUT2D eigenvalue weighted by atomic mass is 16.6. The Morgan fingerprint density at radius 2 is 0.712 bits per heavy atom. The van der Waals surface area contributed by atoms with Gasteiger partial charge >= 0.3 is 12.1 Å². The Balaban J connectivity index is 0.906. The number of fused-ring (bicyclic) bond motifs is 3. The lowest BCUT2D eigenvalue weighted by atomic mass is 9.98. The van der Waals surface area contributed by atoms with Crippen LogP contribution in [0.4, 0.5) is 4.79 Å². The molecule has 0 fully saturated rings. The molecule has 0 bridgehead atoms. The molecule has 0 aliphatic heterocycles. The fraction of sp³-hybridized carbons (Fsp3) is 0.708. The molecule has 0 saturated carbocycles. The fourth-order valence-electron chi connectivity index (χ4n) is 6.16. The lowest BCUT2D eigenvalue weighted by molar-refractivity contribution is -0.156. The Kier molecular flexibility index (Phi) is 33.3. The summed E-state index contributed by atoms with van der Waals surface area (Å²) in [4.78, 5) is 23.9. The van der Waals surface area contributed by atoms with Gasteiger partial charge in [-0.05, 0) is 43.0 Å². The van der Waals surface area contributed by atoms with Gasteiger partial charge in [0.2, 0.25) is 0 Å². The number of rotatable bonds is 44. The molecule has 0 unspecified atom stereocenters. The number of ether oxygens (including phenoxy) is 15. The zero-order chi connectivity index (χ0) is 47.0. The van der Waals surface area contributed by atoms with Crippen molar-refractivity contribution in [2.75, 3.05) is 185 Å². The molecular formula is C48H77NO17. The first-order valence-corrected chi connectivity index (χ1v) is 23.2. The first-order valence-electron chi connectivity index (χ1n) is 23.2. The second-order valence-electron chi connectivity index (χ2n) is 15.5. The summed E-state index contributed by atoms with van der Waals surface area (Å²) in [5.74, 6) is -0.239. The molecule has 3 rings (SSSR count). The van der Waals surface area contributed by atoms with E-state index in [-0.39, 0.29) is 24.9 Å². The summed E-state index contributed by atoms with van der Waals surface area (Å²) >= 11 is 0. The number of nitrogens with one attached hydrogen (secondary N) is 1. The number of carbonyl (C=O) groups excluding carboxylic acids is 2. The van der Waals surface area contributed by atoms with Crippen LogP contribution < -0.4 is 5.32 Å². The molecule has 2 aromatic carbocycles. The largest absolute Gasteiger partial charge is 0.460 e. The van der Waals surface area contributed by atoms with E-state index in [1.807, 2.05) is 45.0 Å². The summed E-state index contributed by atoms with van der Waals surface area (Å²) in [7, 11) is 0. The number of amides is 1. The number of carbonyl (C=O) groups is 2. The summed E-state index contributed by atoms with van der Waals surface area (Å²) in [6, 6.07) is 16.5. The van der Waals surface area contributed by atoms with Crippen molar-refractivity contribution < 1.29 is 80.6 Å². The van der Waals surface area contributed by atoms with Gasteiger partial charge in [-0.25, -0.2) is 4.79 Å². The first kappa shape index (κ1) is 57.0.